The van der Waals surface area contributed by atoms with E-state index < -0.39 is 5.41 Å². The zero-order valence-corrected chi connectivity index (χ0v) is 22.5. The van der Waals surface area contributed by atoms with Crippen LogP contribution in [0.5, 0.6) is 0 Å². The fraction of sp³-hybridized carbons (Fsp3) is 0.273. The van der Waals surface area contributed by atoms with E-state index in [0.717, 1.165) is 22.3 Å². The molecule has 0 fully saturated rings. The number of nitro benzene ring substituents is 1. The van der Waals surface area contributed by atoms with Crippen LogP contribution < -0.4 is 0 Å². The first-order valence-electron chi connectivity index (χ1n) is 13.6. The van der Waals surface area contributed by atoms with Crippen LogP contribution in [0.1, 0.15) is 58.8 Å². The summed E-state index contributed by atoms with van der Waals surface area (Å²) < 4.78 is 5.15. The van der Waals surface area contributed by atoms with Crippen LogP contribution in [0.3, 0.4) is 0 Å². The highest BCUT2D eigenvalue weighted by molar-refractivity contribution is 5.94. The van der Waals surface area contributed by atoms with Crippen molar-refractivity contribution in [2.24, 2.45) is 0 Å². The molecule has 1 aliphatic carbocycles. The van der Waals surface area contributed by atoms with Crippen molar-refractivity contribution in [1.82, 2.24) is 4.90 Å². The van der Waals surface area contributed by atoms with E-state index in [1.165, 1.54) is 5.56 Å². The van der Waals surface area contributed by atoms with Gasteiger partial charge in [-0.3, -0.25) is 19.7 Å². The number of rotatable bonds is 8. The molecule has 0 radical (unpaired) electrons. The topological polar surface area (TPSA) is 89.8 Å². The number of allylic oxidation sites excluding steroid dienone is 4. The molecule has 3 aromatic rings. The summed E-state index contributed by atoms with van der Waals surface area (Å²) in [4.78, 5) is 38.2. The molecule has 0 bridgehead atoms. The first-order chi connectivity index (χ1) is 19.4. The Morgan fingerprint density at radius 2 is 1.80 bits per heavy atom. The molecule has 0 saturated heterocycles. The van der Waals surface area contributed by atoms with Crippen LogP contribution in [-0.2, 0) is 27.9 Å². The van der Waals surface area contributed by atoms with Crippen molar-refractivity contribution >= 4 is 17.6 Å². The molecular weight excluding hydrogens is 504 g/mol. The van der Waals surface area contributed by atoms with Crippen molar-refractivity contribution in [3.8, 4) is 0 Å². The number of fused-ring (bicyclic) bond motifs is 1. The van der Waals surface area contributed by atoms with Crippen molar-refractivity contribution in [3.05, 3.63) is 135 Å². The predicted molar refractivity (Wildman–Crippen MR) is 153 cm³/mol. The van der Waals surface area contributed by atoms with Gasteiger partial charge in [-0.15, -0.1) is 0 Å². The first kappa shape index (κ1) is 27.1. The molecule has 7 heteroatoms. The van der Waals surface area contributed by atoms with Crippen LogP contribution in [-0.4, -0.2) is 34.9 Å². The Morgan fingerprint density at radius 1 is 1.02 bits per heavy atom. The third-order valence-electron chi connectivity index (χ3n) is 7.82. The Bertz CT molecular complexity index is 1480. The largest absolute Gasteiger partial charge is 0.466 e. The van der Waals surface area contributed by atoms with Crippen LogP contribution in [0.25, 0.3) is 0 Å². The fourth-order valence-electron chi connectivity index (χ4n) is 5.88. The summed E-state index contributed by atoms with van der Waals surface area (Å²) in [6, 6.07) is 22.4. The number of amides is 1. The quantitative estimate of drug-likeness (QED) is 0.191. The number of carbonyl (C=O) groups is 2. The average molecular weight is 537 g/mol. The molecule has 1 amide bonds. The summed E-state index contributed by atoms with van der Waals surface area (Å²) in [5, 5.41) is 11.4. The van der Waals surface area contributed by atoms with E-state index >= 15 is 0 Å². The van der Waals surface area contributed by atoms with Crippen LogP contribution in [0.2, 0.25) is 0 Å². The minimum absolute atomic E-state index is 0.0171. The number of hydrogen-bond acceptors (Lipinski definition) is 5. The SMILES string of the molecule is CCOC(=O)CCC1=CC=CC(c2ccc([N+](=O)[O-])cc2)(c2cccc3c2CCN(C(=O)c2ccccc2)C3)C1. The highest BCUT2D eigenvalue weighted by Crippen LogP contribution is 2.45. The number of ether oxygens (including phenoxy) is 1. The van der Waals surface area contributed by atoms with Gasteiger partial charge in [-0.25, -0.2) is 0 Å². The Morgan fingerprint density at radius 3 is 2.52 bits per heavy atom. The van der Waals surface area contributed by atoms with Gasteiger partial charge in [0.1, 0.15) is 0 Å². The van der Waals surface area contributed by atoms with Crippen molar-refractivity contribution in [3.63, 3.8) is 0 Å². The lowest BCUT2D eigenvalue weighted by molar-refractivity contribution is -0.384. The zero-order valence-electron chi connectivity index (χ0n) is 22.5. The highest BCUT2D eigenvalue weighted by Gasteiger charge is 2.38. The lowest BCUT2D eigenvalue weighted by atomic mass is 9.65. The van der Waals surface area contributed by atoms with Gasteiger partial charge in [-0.1, -0.05) is 72.3 Å². The summed E-state index contributed by atoms with van der Waals surface area (Å²) in [6.07, 6.45) is 8.47. The molecule has 40 heavy (non-hydrogen) atoms. The minimum Gasteiger partial charge on any atom is -0.466 e. The Hall–Kier alpha value is -4.52. The molecule has 1 aliphatic heterocycles. The van der Waals surface area contributed by atoms with Crippen molar-refractivity contribution < 1.29 is 19.2 Å². The number of nitrogens with zero attached hydrogens (tertiary/aromatic N) is 2. The third kappa shape index (κ3) is 5.45. The van der Waals surface area contributed by atoms with Gasteiger partial charge in [-0.05, 0) is 60.6 Å². The molecule has 3 aromatic carbocycles. The van der Waals surface area contributed by atoms with Gasteiger partial charge in [-0.2, -0.15) is 0 Å². The van der Waals surface area contributed by atoms with Gasteiger partial charge < -0.3 is 9.64 Å². The second-order valence-electron chi connectivity index (χ2n) is 10.2. The molecule has 1 heterocycles. The standard InChI is InChI=1S/C33H32N2O5/c1-2-40-31(36)18-13-24-8-7-20-33(22-24,27-14-16-28(17-15-27)35(38)39)30-12-6-11-26-23-34(21-19-29(26)30)32(37)25-9-4-3-5-10-25/h3-12,14-17,20H,2,13,18-19,21-23H2,1H3. The van der Waals surface area contributed by atoms with E-state index in [4.69, 9.17) is 4.74 Å². The van der Waals surface area contributed by atoms with Crippen molar-refractivity contribution in [1.29, 1.82) is 0 Å². The van der Waals surface area contributed by atoms with E-state index in [1.54, 1.807) is 19.1 Å². The van der Waals surface area contributed by atoms with Gasteiger partial charge in [0.05, 0.1) is 11.5 Å². The van der Waals surface area contributed by atoms with Crippen LogP contribution >= 0.6 is 0 Å². The van der Waals surface area contributed by atoms with Gasteiger partial charge >= 0.3 is 5.97 Å². The first-order valence-corrected chi connectivity index (χ1v) is 13.6. The second-order valence-corrected chi connectivity index (χ2v) is 10.2. The van der Waals surface area contributed by atoms with Crippen LogP contribution in [0.4, 0.5) is 5.69 Å². The van der Waals surface area contributed by atoms with E-state index in [9.17, 15) is 19.7 Å². The van der Waals surface area contributed by atoms with E-state index in [-0.39, 0.29) is 22.5 Å². The Kier molecular flexibility index (Phi) is 7.91. The predicted octanol–water partition coefficient (Wildman–Crippen LogP) is 6.31. The summed E-state index contributed by atoms with van der Waals surface area (Å²) >= 11 is 0. The normalized spacial score (nSPS) is 18.0. The maximum Gasteiger partial charge on any atom is 0.306 e. The smallest absolute Gasteiger partial charge is 0.306 e. The number of non-ortho nitro benzene ring substituents is 1. The van der Waals surface area contributed by atoms with Gasteiger partial charge in [0.2, 0.25) is 0 Å². The molecule has 0 aromatic heterocycles. The number of benzene rings is 3. The molecule has 204 valence electrons. The van der Waals surface area contributed by atoms with E-state index in [0.29, 0.717) is 50.9 Å². The zero-order chi connectivity index (χ0) is 28.1. The Balaban J connectivity index is 1.51. The van der Waals surface area contributed by atoms with E-state index in [2.05, 4.69) is 24.3 Å². The van der Waals surface area contributed by atoms with Gasteiger partial charge in [0.25, 0.3) is 11.6 Å². The number of nitro groups is 1. The van der Waals surface area contributed by atoms with Gasteiger partial charge in [0.15, 0.2) is 0 Å². The lowest BCUT2D eigenvalue weighted by Gasteiger charge is -2.39. The summed E-state index contributed by atoms with van der Waals surface area (Å²) in [5.41, 5.74) is 5.65. The average Bonchev–Trinajstić information content (AvgIpc) is 3.00. The minimum atomic E-state index is -0.565. The molecule has 1 unspecified atom stereocenters. The number of carbonyl (C=O) groups excluding carboxylic acids is 2. The maximum atomic E-state index is 13.2. The van der Waals surface area contributed by atoms with Gasteiger partial charge in [0, 0.05) is 42.6 Å². The molecule has 1 atom stereocenters. The highest BCUT2D eigenvalue weighted by atomic mass is 16.6. The Labute approximate surface area is 233 Å². The molecule has 0 N–H and O–H groups in total. The molecule has 7 nitrogen and oxygen atoms in total. The van der Waals surface area contributed by atoms with Crippen LogP contribution in [0.15, 0.2) is 96.6 Å². The van der Waals surface area contributed by atoms with Crippen LogP contribution in [0, 0.1) is 10.1 Å². The maximum absolute atomic E-state index is 13.2. The fourth-order valence-corrected chi connectivity index (χ4v) is 5.88. The summed E-state index contributed by atoms with van der Waals surface area (Å²) in [5.74, 6) is -0.206. The molecule has 0 spiro atoms. The van der Waals surface area contributed by atoms with E-state index in [1.807, 2.05) is 59.5 Å². The van der Waals surface area contributed by atoms with Crippen molar-refractivity contribution in [2.45, 2.75) is 44.6 Å². The number of hydrogen-bond donors (Lipinski definition) is 0. The number of esters is 1. The molecule has 2 aliphatic rings. The third-order valence-corrected chi connectivity index (χ3v) is 7.82. The van der Waals surface area contributed by atoms with Crippen molar-refractivity contribution in [2.75, 3.05) is 13.2 Å². The molecular formula is C33H32N2O5. The monoisotopic (exact) mass is 536 g/mol. The lowest BCUT2D eigenvalue weighted by Crippen LogP contribution is -2.38. The molecule has 5 rings (SSSR count). The second kappa shape index (κ2) is 11.7. The summed E-state index contributed by atoms with van der Waals surface area (Å²) in [7, 11) is 0. The molecule has 0 saturated carbocycles. The summed E-state index contributed by atoms with van der Waals surface area (Å²) in [6.45, 7) is 3.27.